The van der Waals surface area contributed by atoms with Gasteiger partial charge in [0.25, 0.3) is 0 Å². The lowest BCUT2D eigenvalue weighted by atomic mass is 9.76. The fourth-order valence-electron chi connectivity index (χ4n) is 2.91. The van der Waals surface area contributed by atoms with Crippen LogP contribution in [0.2, 0.25) is 0 Å². The fraction of sp³-hybridized carbons (Fsp3) is 0.529. The minimum Gasteiger partial charge on any atom is -0.465 e. The number of methoxy groups -OCH3 is 1. The summed E-state index contributed by atoms with van der Waals surface area (Å²) in [7, 11) is 1.09. The highest BCUT2D eigenvalue weighted by Crippen LogP contribution is 2.40. The van der Waals surface area contributed by atoms with E-state index in [1.807, 2.05) is 0 Å². The quantitative estimate of drug-likeness (QED) is 0.458. The predicted molar refractivity (Wildman–Crippen MR) is 87.0 cm³/mol. The molecule has 1 N–H and O–H groups in total. The Balaban J connectivity index is 2.34. The Labute approximate surface area is 153 Å². The third-order valence-corrected chi connectivity index (χ3v) is 4.84. The van der Waals surface area contributed by atoms with E-state index in [9.17, 15) is 27.9 Å². The standard InChI is InChI=1S/C17H19ClF3NO4/c1-26-15(24)16(25,12-3-2-4-12)22(14(23)9-18)10-11-5-7-13(8-6-11)17(19,20)21/h5-8,12,25H,2-4,9-10H2,1H3. The number of aliphatic hydroxyl groups is 1. The van der Waals surface area contributed by atoms with Gasteiger partial charge in [-0.3, -0.25) is 9.69 Å². The van der Waals surface area contributed by atoms with Crippen LogP contribution in [0.4, 0.5) is 13.2 Å². The Bertz CT molecular complexity index is 661. The van der Waals surface area contributed by atoms with Gasteiger partial charge in [-0.05, 0) is 30.5 Å². The van der Waals surface area contributed by atoms with Crippen LogP contribution in [0, 0.1) is 5.92 Å². The van der Waals surface area contributed by atoms with Gasteiger partial charge in [0, 0.05) is 12.5 Å². The molecule has 26 heavy (non-hydrogen) atoms. The molecule has 1 fully saturated rings. The summed E-state index contributed by atoms with van der Waals surface area (Å²) in [6, 6.07) is 4.13. The number of carbonyl (C=O) groups is 2. The van der Waals surface area contributed by atoms with Gasteiger partial charge in [-0.2, -0.15) is 13.2 Å². The van der Waals surface area contributed by atoms with Crippen molar-refractivity contribution < 1.29 is 32.6 Å². The van der Waals surface area contributed by atoms with Crippen molar-refractivity contribution in [3.05, 3.63) is 35.4 Å². The summed E-state index contributed by atoms with van der Waals surface area (Å²) in [6.07, 6.45) is -2.66. The lowest BCUT2D eigenvalue weighted by Crippen LogP contribution is -2.63. The van der Waals surface area contributed by atoms with Crippen LogP contribution in [0.3, 0.4) is 0 Å². The molecule has 0 aliphatic heterocycles. The van der Waals surface area contributed by atoms with Gasteiger partial charge in [0.15, 0.2) is 0 Å². The Morgan fingerprint density at radius 3 is 2.23 bits per heavy atom. The van der Waals surface area contributed by atoms with Crippen LogP contribution in [0.5, 0.6) is 0 Å². The van der Waals surface area contributed by atoms with Gasteiger partial charge >= 0.3 is 12.1 Å². The summed E-state index contributed by atoms with van der Waals surface area (Å²) >= 11 is 5.61. The van der Waals surface area contributed by atoms with Crippen molar-refractivity contribution >= 4 is 23.5 Å². The van der Waals surface area contributed by atoms with Crippen LogP contribution >= 0.6 is 11.6 Å². The Morgan fingerprint density at radius 1 is 1.27 bits per heavy atom. The molecule has 1 atom stereocenters. The van der Waals surface area contributed by atoms with Crippen molar-refractivity contribution in [1.29, 1.82) is 0 Å². The first-order chi connectivity index (χ1) is 12.1. The maximum atomic E-state index is 12.7. The van der Waals surface area contributed by atoms with Crippen molar-refractivity contribution in [1.82, 2.24) is 4.90 Å². The number of benzene rings is 1. The molecule has 9 heteroatoms. The molecule has 0 heterocycles. The van der Waals surface area contributed by atoms with Gasteiger partial charge in [0.05, 0.1) is 12.7 Å². The first-order valence-corrected chi connectivity index (χ1v) is 8.51. The summed E-state index contributed by atoms with van der Waals surface area (Å²) in [5.41, 5.74) is -2.72. The van der Waals surface area contributed by atoms with E-state index in [-0.39, 0.29) is 6.54 Å². The van der Waals surface area contributed by atoms with Gasteiger partial charge in [0.2, 0.25) is 11.6 Å². The molecular weight excluding hydrogens is 375 g/mol. The average Bonchev–Trinajstić information content (AvgIpc) is 2.56. The van der Waals surface area contributed by atoms with Crippen LogP contribution in [-0.4, -0.2) is 40.6 Å². The lowest BCUT2D eigenvalue weighted by molar-refractivity contribution is -0.211. The third kappa shape index (κ3) is 3.96. The van der Waals surface area contributed by atoms with Gasteiger partial charge in [-0.1, -0.05) is 18.6 Å². The number of alkyl halides is 4. The number of rotatable bonds is 6. The van der Waals surface area contributed by atoms with E-state index < -0.39 is 41.1 Å². The highest BCUT2D eigenvalue weighted by Gasteiger charge is 2.53. The Kier molecular flexibility index (Phi) is 6.18. The Hall–Kier alpha value is -1.80. The molecule has 0 spiro atoms. The molecule has 2 rings (SSSR count). The normalized spacial score (nSPS) is 17.2. The van der Waals surface area contributed by atoms with Crippen LogP contribution in [0.15, 0.2) is 24.3 Å². The zero-order valence-corrected chi connectivity index (χ0v) is 14.8. The van der Waals surface area contributed by atoms with Gasteiger partial charge in [-0.25, -0.2) is 4.79 Å². The first-order valence-electron chi connectivity index (χ1n) is 7.98. The molecule has 1 saturated carbocycles. The molecule has 0 saturated heterocycles. The second kappa shape index (κ2) is 7.84. The zero-order chi connectivity index (χ0) is 19.5. The number of nitrogens with zero attached hydrogens (tertiary/aromatic N) is 1. The second-order valence-electron chi connectivity index (χ2n) is 6.15. The van der Waals surface area contributed by atoms with E-state index in [1.54, 1.807) is 0 Å². The number of esters is 1. The molecule has 0 bridgehead atoms. The smallest absolute Gasteiger partial charge is 0.416 e. The van der Waals surface area contributed by atoms with Crippen molar-refractivity contribution in [3.8, 4) is 0 Å². The van der Waals surface area contributed by atoms with E-state index >= 15 is 0 Å². The molecule has 144 valence electrons. The molecule has 1 aliphatic carbocycles. The van der Waals surface area contributed by atoms with Crippen molar-refractivity contribution in [3.63, 3.8) is 0 Å². The average molecular weight is 394 g/mol. The first kappa shape index (κ1) is 20.5. The Morgan fingerprint density at radius 2 is 1.85 bits per heavy atom. The maximum Gasteiger partial charge on any atom is 0.416 e. The van der Waals surface area contributed by atoms with E-state index in [1.165, 1.54) is 12.1 Å². The summed E-state index contributed by atoms with van der Waals surface area (Å²) in [5, 5.41) is 11.0. The third-order valence-electron chi connectivity index (χ3n) is 4.61. The molecule has 1 aliphatic rings. The molecule has 1 amide bonds. The number of hydrogen-bond donors (Lipinski definition) is 1. The van der Waals surface area contributed by atoms with Crippen molar-refractivity contribution in [2.45, 2.75) is 37.7 Å². The number of amides is 1. The molecule has 1 aromatic rings. The van der Waals surface area contributed by atoms with Crippen LogP contribution in [0.1, 0.15) is 30.4 Å². The number of halogens is 4. The van der Waals surface area contributed by atoms with Crippen LogP contribution in [-0.2, 0) is 27.0 Å². The number of carbonyl (C=O) groups excluding carboxylic acids is 2. The number of ether oxygens (including phenoxy) is 1. The summed E-state index contributed by atoms with van der Waals surface area (Å²) in [5.74, 6) is -2.72. The molecule has 1 aromatic carbocycles. The van der Waals surface area contributed by atoms with E-state index in [0.717, 1.165) is 30.6 Å². The highest BCUT2D eigenvalue weighted by atomic mass is 35.5. The van der Waals surface area contributed by atoms with E-state index in [0.29, 0.717) is 18.4 Å². The van der Waals surface area contributed by atoms with Crippen molar-refractivity contribution in [2.24, 2.45) is 5.92 Å². The van der Waals surface area contributed by atoms with Gasteiger partial charge in [0.1, 0.15) is 5.88 Å². The topological polar surface area (TPSA) is 66.8 Å². The molecule has 0 radical (unpaired) electrons. The number of hydrogen-bond acceptors (Lipinski definition) is 4. The zero-order valence-electron chi connectivity index (χ0n) is 14.1. The molecule has 1 unspecified atom stereocenters. The minimum atomic E-state index is -4.48. The minimum absolute atomic E-state index is 0.272. The second-order valence-corrected chi connectivity index (χ2v) is 6.42. The summed E-state index contributed by atoms with van der Waals surface area (Å²) in [4.78, 5) is 25.4. The SMILES string of the molecule is COC(=O)C(O)(C1CCC1)N(Cc1ccc(C(F)(F)F)cc1)C(=O)CCl. The predicted octanol–water partition coefficient (Wildman–Crippen LogP) is 2.93. The largest absolute Gasteiger partial charge is 0.465 e. The molecule has 0 aromatic heterocycles. The van der Waals surface area contributed by atoms with E-state index in [2.05, 4.69) is 4.74 Å². The monoisotopic (exact) mass is 393 g/mol. The molecule has 5 nitrogen and oxygen atoms in total. The van der Waals surface area contributed by atoms with Crippen molar-refractivity contribution in [2.75, 3.05) is 13.0 Å². The van der Waals surface area contributed by atoms with Crippen LogP contribution in [0.25, 0.3) is 0 Å². The summed E-state index contributed by atoms with van der Waals surface area (Å²) < 4.78 is 42.7. The van der Waals surface area contributed by atoms with Gasteiger partial charge in [-0.15, -0.1) is 11.6 Å². The van der Waals surface area contributed by atoms with Gasteiger partial charge < -0.3 is 9.84 Å². The summed E-state index contributed by atoms with van der Waals surface area (Å²) in [6.45, 7) is -0.272. The van der Waals surface area contributed by atoms with Crippen LogP contribution < -0.4 is 0 Å². The van der Waals surface area contributed by atoms with E-state index in [4.69, 9.17) is 11.6 Å². The fourth-order valence-corrected chi connectivity index (χ4v) is 3.06. The lowest BCUT2D eigenvalue weighted by Gasteiger charge is -2.45. The highest BCUT2D eigenvalue weighted by molar-refractivity contribution is 6.27. The molecular formula is C17H19ClF3NO4. The maximum absolute atomic E-state index is 12.7.